The topological polar surface area (TPSA) is 117 Å². The summed E-state index contributed by atoms with van der Waals surface area (Å²) < 4.78 is 0. The first-order valence-corrected chi connectivity index (χ1v) is 7.22. The van der Waals surface area contributed by atoms with Gasteiger partial charge in [-0.3, -0.25) is 4.98 Å². The molecule has 7 heteroatoms. The molecule has 0 spiro atoms. The van der Waals surface area contributed by atoms with Crippen molar-refractivity contribution in [2.75, 3.05) is 5.32 Å². The van der Waals surface area contributed by atoms with Crippen molar-refractivity contribution in [2.45, 2.75) is 19.3 Å². The van der Waals surface area contributed by atoms with Crippen LogP contribution in [0.5, 0.6) is 0 Å². The standard InChI is InChI=1S/C16H14N4S.2H2O/c1-16(2)10-7-12-13(8-11(10)20-15(16)21)19-14(18-12)9-3-5-17-6-4-9;;/h3-8H,1-2H3,(H,18,19)(H,20,21);2*1H2. The zero-order chi connectivity index (χ0) is 14.6. The second kappa shape index (κ2) is 5.69. The number of aromatic nitrogens is 3. The number of thiocarbonyl (C=S) groups is 1. The molecular weight excluding hydrogens is 312 g/mol. The molecule has 4 rings (SSSR count). The van der Waals surface area contributed by atoms with Crippen molar-refractivity contribution in [2.24, 2.45) is 0 Å². The molecule has 0 radical (unpaired) electrons. The molecule has 1 aliphatic rings. The fraction of sp³-hybridized carbons (Fsp3) is 0.188. The summed E-state index contributed by atoms with van der Waals surface area (Å²) in [6.07, 6.45) is 3.54. The highest BCUT2D eigenvalue weighted by Crippen LogP contribution is 2.40. The lowest BCUT2D eigenvalue weighted by Crippen LogP contribution is -2.25. The molecule has 0 saturated heterocycles. The van der Waals surface area contributed by atoms with E-state index in [1.165, 1.54) is 5.56 Å². The number of rotatable bonds is 1. The summed E-state index contributed by atoms with van der Waals surface area (Å²) in [4.78, 5) is 13.0. The Bertz CT molecular complexity index is 874. The maximum Gasteiger partial charge on any atom is 0.138 e. The van der Waals surface area contributed by atoms with Crippen LogP contribution < -0.4 is 5.32 Å². The molecule has 23 heavy (non-hydrogen) atoms. The number of anilines is 1. The van der Waals surface area contributed by atoms with Gasteiger partial charge < -0.3 is 21.3 Å². The van der Waals surface area contributed by atoms with E-state index in [4.69, 9.17) is 17.2 Å². The molecule has 6 nitrogen and oxygen atoms in total. The summed E-state index contributed by atoms with van der Waals surface area (Å²) in [6, 6.07) is 8.10. The summed E-state index contributed by atoms with van der Waals surface area (Å²) in [5.41, 5.74) is 5.13. The monoisotopic (exact) mass is 330 g/mol. The Morgan fingerprint density at radius 1 is 1.09 bits per heavy atom. The fourth-order valence-corrected chi connectivity index (χ4v) is 2.94. The highest BCUT2D eigenvalue weighted by Gasteiger charge is 2.35. The first-order valence-electron chi connectivity index (χ1n) is 6.82. The van der Waals surface area contributed by atoms with Crippen LogP contribution >= 0.6 is 12.2 Å². The number of hydrogen-bond acceptors (Lipinski definition) is 3. The maximum atomic E-state index is 5.43. The Morgan fingerprint density at radius 3 is 2.48 bits per heavy atom. The van der Waals surface area contributed by atoms with E-state index in [1.807, 2.05) is 12.1 Å². The van der Waals surface area contributed by atoms with Gasteiger partial charge in [-0.1, -0.05) is 12.2 Å². The molecule has 3 aromatic rings. The number of nitrogens with zero attached hydrogens (tertiary/aromatic N) is 2. The Hall–Kier alpha value is -2.35. The summed E-state index contributed by atoms with van der Waals surface area (Å²) in [7, 11) is 0. The minimum absolute atomic E-state index is 0. The smallest absolute Gasteiger partial charge is 0.138 e. The summed E-state index contributed by atoms with van der Waals surface area (Å²) in [6.45, 7) is 4.27. The average molecular weight is 330 g/mol. The van der Waals surface area contributed by atoms with E-state index in [9.17, 15) is 0 Å². The minimum Gasteiger partial charge on any atom is -0.412 e. The SMILES string of the molecule is CC1(C)C(=S)Nc2cc3[nH]c(-c4ccncc4)nc3cc21.O.O. The van der Waals surface area contributed by atoms with E-state index in [0.29, 0.717) is 0 Å². The van der Waals surface area contributed by atoms with Crippen molar-refractivity contribution in [1.29, 1.82) is 0 Å². The van der Waals surface area contributed by atoms with Crippen molar-refractivity contribution in [1.82, 2.24) is 15.0 Å². The maximum absolute atomic E-state index is 5.43. The zero-order valence-corrected chi connectivity index (χ0v) is 13.6. The lowest BCUT2D eigenvalue weighted by molar-refractivity contribution is 0.748. The van der Waals surface area contributed by atoms with Gasteiger partial charge in [0.25, 0.3) is 0 Å². The van der Waals surface area contributed by atoms with Crippen LogP contribution in [-0.2, 0) is 5.41 Å². The summed E-state index contributed by atoms with van der Waals surface area (Å²) >= 11 is 5.43. The van der Waals surface area contributed by atoms with Crippen LogP contribution in [0.15, 0.2) is 36.7 Å². The Morgan fingerprint density at radius 2 is 1.78 bits per heavy atom. The molecule has 2 aromatic heterocycles. The predicted molar refractivity (Wildman–Crippen MR) is 95.8 cm³/mol. The van der Waals surface area contributed by atoms with Crippen LogP contribution in [0.3, 0.4) is 0 Å². The largest absolute Gasteiger partial charge is 0.412 e. The van der Waals surface area contributed by atoms with E-state index >= 15 is 0 Å². The molecule has 0 bridgehead atoms. The minimum atomic E-state index is -0.144. The molecule has 0 atom stereocenters. The Labute approximate surface area is 138 Å². The van der Waals surface area contributed by atoms with Crippen molar-refractivity contribution < 1.29 is 11.0 Å². The van der Waals surface area contributed by atoms with E-state index in [1.54, 1.807) is 12.4 Å². The third-order valence-electron chi connectivity index (χ3n) is 4.06. The van der Waals surface area contributed by atoms with Crippen molar-refractivity contribution >= 4 is 33.9 Å². The number of pyridine rings is 1. The second-order valence-electron chi connectivity index (χ2n) is 5.82. The highest BCUT2D eigenvalue weighted by atomic mass is 32.1. The van der Waals surface area contributed by atoms with Crippen LogP contribution in [0.25, 0.3) is 22.4 Å². The van der Waals surface area contributed by atoms with Gasteiger partial charge in [-0.25, -0.2) is 4.98 Å². The van der Waals surface area contributed by atoms with Crippen molar-refractivity contribution in [3.05, 3.63) is 42.2 Å². The van der Waals surface area contributed by atoms with Crippen LogP contribution in [0.1, 0.15) is 19.4 Å². The van der Waals surface area contributed by atoms with Crippen LogP contribution in [0.4, 0.5) is 5.69 Å². The molecule has 1 aromatic carbocycles. The highest BCUT2D eigenvalue weighted by molar-refractivity contribution is 7.80. The lowest BCUT2D eigenvalue weighted by Gasteiger charge is -2.17. The third kappa shape index (κ3) is 2.48. The van der Waals surface area contributed by atoms with E-state index < -0.39 is 0 Å². The van der Waals surface area contributed by atoms with E-state index in [2.05, 4.69) is 41.3 Å². The first kappa shape index (κ1) is 17.0. The molecular formula is C16H18N4O2S. The van der Waals surface area contributed by atoms with Gasteiger partial charge >= 0.3 is 0 Å². The van der Waals surface area contributed by atoms with Crippen LogP contribution in [0, 0.1) is 0 Å². The van der Waals surface area contributed by atoms with Gasteiger partial charge in [0.1, 0.15) is 5.82 Å². The average Bonchev–Trinajstić information content (AvgIpc) is 2.98. The van der Waals surface area contributed by atoms with Crippen molar-refractivity contribution in [3.8, 4) is 11.4 Å². The molecule has 0 amide bonds. The van der Waals surface area contributed by atoms with Gasteiger partial charge in [0.2, 0.25) is 0 Å². The number of benzene rings is 1. The van der Waals surface area contributed by atoms with Gasteiger partial charge in [-0.2, -0.15) is 0 Å². The quantitative estimate of drug-likeness (QED) is 0.664. The number of H-pyrrole nitrogens is 1. The van der Waals surface area contributed by atoms with E-state index in [0.717, 1.165) is 33.1 Å². The van der Waals surface area contributed by atoms with Gasteiger partial charge in [0.15, 0.2) is 0 Å². The summed E-state index contributed by atoms with van der Waals surface area (Å²) in [5.74, 6) is 0.858. The third-order valence-corrected chi connectivity index (χ3v) is 4.68. The van der Waals surface area contributed by atoms with Crippen LogP contribution in [-0.4, -0.2) is 30.9 Å². The number of nitrogens with one attached hydrogen (secondary N) is 2. The second-order valence-corrected chi connectivity index (χ2v) is 6.22. The molecule has 0 fully saturated rings. The molecule has 6 N–H and O–H groups in total. The van der Waals surface area contributed by atoms with E-state index in [-0.39, 0.29) is 16.4 Å². The summed E-state index contributed by atoms with van der Waals surface area (Å²) in [5, 5.41) is 3.30. The van der Waals surface area contributed by atoms with Gasteiger partial charge in [0.05, 0.1) is 16.0 Å². The Balaban J connectivity index is 0.000000960. The van der Waals surface area contributed by atoms with Crippen LogP contribution in [0.2, 0.25) is 0 Å². The predicted octanol–water partition coefficient (Wildman–Crippen LogP) is 2.01. The molecule has 0 unspecified atom stereocenters. The molecule has 1 aliphatic heterocycles. The fourth-order valence-electron chi connectivity index (χ4n) is 2.72. The number of fused-ring (bicyclic) bond motifs is 2. The lowest BCUT2D eigenvalue weighted by atomic mass is 9.86. The molecule has 0 saturated carbocycles. The van der Waals surface area contributed by atoms with Crippen molar-refractivity contribution in [3.63, 3.8) is 0 Å². The molecule has 3 heterocycles. The number of hydrogen-bond donors (Lipinski definition) is 2. The zero-order valence-electron chi connectivity index (χ0n) is 12.8. The van der Waals surface area contributed by atoms with Gasteiger partial charge in [-0.05, 0) is 43.7 Å². The van der Waals surface area contributed by atoms with Gasteiger partial charge in [0, 0.05) is 29.1 Å². The Kier molecular flexibility index (Phi) is 4.21. The van der Waals surface area contributed by atoms with Gasteiger partial charge in [-0.15, -0.1) is 0 Å². The molecule has 120 valence electrons. The normalized spacial score (nSPS) is 14.6. The number of aromatic amines is 1. The molecule has 0 aliphatic carbocycles. The first-order chi connectivity index (χ1) is 10.1. The number of imidazole rings is 1.